The van der Waals surface area contributed by atoms with Crippen molar-refractivity contribution in [1.29, 1.82) is 0 Å². The largest absolute Gasteiger partial charge is 0.497 e. The molecule has 0 aromatic heterocycles. The fourth-order valence-corrected chi connectivity index (χ4v) is 3.27. The van der Waals surface area contributed by atoms with Gasteiger partial charge in [-0.25, -0.2) is 0 Å². The predicted molar refractivity (Wildman–Crippen MR) is 94.0 cm³/mol. The fourth-order valence-electron chi connectivity index (χ4n) is 3.27. The van der Waals surface area contributed by atoms with Crippen molar-refractivity contribution in [3.8, 4) is 11.5 Å². The Bertz CT molecular complexity index is 579. The molecule has 1 aromatic carbocycles. The highest BCUT2D eigenvalue weighted by Crippen LogP contribution is 2.25. The van der Waals surface area contributed by atoms with Crippen LogP contribution in [-0.4, -0.2) is 49.2 Å². The van der Waals surface area contributed by atoms with Crippen molar-refractivity contribution in [2.45, 2.75) is 38.5 Å². The third kappa shape index (κ3) is 5.96. The summed E-state index contributed by atoms with van der Waals surface area (Å²) in [5, 5.41) is 8.81. The van der Waals surface area contributed by atoms with E-state index < -0.39 is 5.97 Å². The second-order valence-electron chi connectivity index (χ2n) is 6.50. The van der Waals surface area contributed by atoms with Crippen molar-refractivity contribution in [1.82, 2.24) is 4.90 Å². The minimum atomic E-state index is -0.768. The van der Waals surface area contributed by atoms with Gasteiger partial charge < -0.3 is 19.5 Å². The number of methoxy groups -OCH3 is 2. The number of rotatable bonds is 8. The van der Waals surface area contributed by atoms with Crippen LogP contribution in [0, 0.1) is 5.92 Å². The number of aryl methyl sites for hydroxylation is 1. The summed E-state index contributed by atoms with van der Waals surface area (Å²) in [6, 6.07) is 5.65. The summed E-state index contributed by atoms with van der Waals surface area (Å²) >= 11 is 0. The number of ether oxygens (including phenoxy) is 2. The molecule has 0 radical (unpaired) electrons. The fraction of sp³-hybridized carbons (Fsp3) is 0.579. The first-order chi connectivity index (χ1) is 12.0. The molecule has 1 unspecified atom stereocenters. The molecule has 1 aromatic rings. The number of carbonyl (C=O) groups excluding carboxylic acids is 1. The Morgan fingerprint density at radius 1 is 1.16 bits per heavy atom. The van der Waals surface area contributed by atoms with Crippen LogP contribution in [0.3, 0.4) is 0 Å². The van der Waals surface area contributed by atoms with Crippen molar-refractivity contribution in [3.63, 3.8) is 0 Å². The lowest BCUT2D eigenvalue weighted by Crippen LogP contribution is -2.40. The molecule has 25 heavy (non-hydrogen) atoms. The van der Waals surface area contributed by atoms with E-state index in [-0.39, 0.29) is 12.3 Å². The summed E-state index contributed by atoms with van der Waals surface area (Å²) in [7, 11) is 3.21. The second kappa shape index (κ2) is 9.30. The monoisotopic (exact) mass is 349 g/mol. The van der Waals surface area contributed by atoms with E-state index in [1.807, 2.05) is 23.1 Å². The van der Waals surface area contributed by atoms with Crippen LogP contribution in [0.25, 0.3) is 0 Å². The number of carboxylic acids is 1. The Morgan fingerprint density at radius 2 is 1.84 bits per heavy atom. The molecule has 1 atom stereocenters. The summed E-state index contributed by atoms with van der Waals surface area (Å²) in [4.78, 5) is 25.1. The van der Waals surface area contributed by atoms with Gasteiger partial charge in [-0.1, -0.05) is 0 Å². The van der Waals surface area contributed by atoms with Gasteiger partial charge in [0, 0.05) is 32.0 Å². The van der Waals surface area contributed by atoms with Gasteiger partial charge in [0.05, 0.1) is 14.2 Å². The molecular weight excluding hydrogens is 322 g/mol. The SMILES string of the molecule is COc1cc(CCC(=O)N2CCCC(CCC(=O)O)C2)cc(OC)c1. The van der Waals surface area contributed by atoms with Crippen LogP contribution in [0.1, 0.15) is 37.7 Å². The van der Waals surface area contributed by atoms with Crippen molar-refractivity contribution < 1.29 is 24.2 Å². The molecule has 1 N–H and O–H groups in total. The topological polar surface area (TPSA) is 76.1 Å². The maximum atomic E-state index is 12.5. The van der Waals surface area contributed by atoms with Crippen LogP contribution in [0.15, 0.2) is 18.2 Å². The van der Waals surface area contributed by atoms with Crippen LogP contribution in [0.2, 0.25) is 0 Å². The average Bonchev–Trinajstić information content (AvgIpc) is 2.64. The van der Waals surface area contributed by atoms with E-state index in [0.717, 1.165) is 24.9 Å². The van der Waals surface area contributed by atoms with Gasteiger partial charge in [-0.3, -0.25) is 9.59 Å². The predicted octanol–water partition coefficient (Wildman–Crippen LogP) is 2.74. The number of nitrogens with zero attached hydrogens (tertiary/aromatic N) is 1. The van der Waals surface area contributed by atoms with Crippen molar-refractivity contribution >= 4 is 11.9 Å². The molecule has 138 valence electrons. The summed E-state index contributed by atoms with van der Waals surface area (Å²) in [5.74, 6) is 1.09. The van der Waals surface area contributed by atoms with E-state index in [2.05, 4.69) is 0 Å². The summed E-state index contributed by atoms with van der Waals surface area (Å²) in [5.41, 5.74) is 1.00. The average molecular weight is 349 g/mol. The van der Waals surface area contributed by atoms with Gasteiger partial charge in [-0.05, 0) is 49.3 Å². The number of amides is 1. The normalized spacial score (nSPS) is 17.2. The third-order valence-electron chi connectivity index (χ3n) is 4.68. The van der Waals surface area contributed by atoms with E-state index in [1.54, 1.807) is 14.2 Å². The minimum absolute atomic E-state index is 0.127. The Morgan fingerprint density at radius 3 is 2.44 bits per heavy atom. The van der Waals surface area contributed by atoms with Crippen LogP contribution in [0.5, 0.6) is 11.5 Å². The third-order valence-corrected chi connectivity index (χ3v) is 4.68. The highest BCUT2D eigenvalue weighted by atomic mass is 16.5. The first kappa shape index (κ1) is 19.1. The molecule has 1 saturated heterocycles. The second-order valence-corrected chi connectivity index (χ2v) is 6.50. The molecule has 1 heterocycles. The highest BCUT2D eigenvalue weighted by molar-refractivity contribution is 5.76. The lowest BCUT2D eigenvalue weighted by molar-refractivity contribution is -0.137. The first-order valence-corrected chi connectivity index (χ1v) is 8.73. The van der Waals surface area contributed by atoms with E-state index in [1.165, 1.54) is 0 Å². The van der Waals surface area contributed by atoms with Crippen molar-refractivity contribution in [2.75, 3.05) is 27.3 Å². The van der Waals surface area contributed by atoms with E-state index in [4.69, 9.17) is 14.6 Å². The summed E-state index contributed by atoms with van der Waals surface area (Å²) in [6.07, 6.45) is 3.83. The Labute approximate surface area is 148 Å². The molecule has 1 aliphatic rings. The lowest BCUT2D eigenvalue weighted by Gasteiger charge is -2.32. The molecule has 0 aliphatic carbocycles. The molecule has 6 heteroatoms. The molecule has 0 bridgehead atoms. The number of hydrogen-bond acceptors (Lipinski definition) is 4. The minimum Gasteiger partial charge on any atom is -0.497 e. The molecule has 1 aliphatic heterocycles. The van der Waals surface area contributed by atoms with Gasteiger partial charge in [0.2, 0.25) is 5.91 Å². The van der Waals surface area contributed by atoms with Gasteiger partial charge in [0.1, 0.15) is 11.5 Å². The smallest absolute Gasteiger partial charge is 0.303 e. The van der Waals surface area contributed by atoms with Gasteiger partial charge in [0.15, 0.2) is 0 Å². The Kier molecular flexibility index (Phi) is 7.10. The standard InChI is InChI=1S/C19H27NO5/c1-24-16-10-15(11-17(12-16)25-2)5-7-18(21)20-9-3-4-14(13-20)6-8-19(22)23/h10-12,14H,3-9,13H2,1-2H3,(H,22,23). The zero-order valence-electron chi connectivity index (χ0n) is 15.0. The maximum Gasteiger partial charge on any atom is 0.303 e. The number of piperidine rings is 1. The Hall–Kier alpha value is -2.24. The number of aliphatic carboxylic acids is 1. The molecule has 6 nitrogen and oxygen atoms in total. The molecule has 1 amide bonds. The number of hydrogen-bond donors (Lipinski definition) is 1. The van der Waals surface area contributed by atoms with Crippen LogP contribution in [-0.2, 0) is 16.0 Å². The molecule has 1 fully saturated rings. The quantitative estimate of drug-likeness (QED) is 0.781. The van der Waals surface area contributed by atoms with Gasteiger partial charge in [0.25, 0.3) is 0 Å². The number of likely N-dealkylation sites (tertiary alicyclic amines) is 1. The number of carbonyl (C=O) groups is 2. The van der Waals surface area contributed by atoms with Crippen LogP contribution in [0.4, 0.5) is 0 Å². The molecule has 0 spiro atoms. The van der Waals surface area contributed by atoms with Crippen LogP contribution >= 0.6 is 0 Å². The van der Waals surface area contributed by atoms with Crippen molar-refractivity contribution in [2.24, 2.45) is 5.92 Å². The summed E-state index contributed by atoms with van der Waals surface area (Å²) in [6.45, 7) is 1.44. The summed E-state index contributed by atoms with van der Waals surface area (Å²) < 4.78 is 10.5. The zero-order valence-corrected chi connectivity index (χ0v) is 15.0. The lowest BCUT2D eigenvalue weighted by atomic mass is 9.93. The van der Waals surface area contributed by atoms with Gasteiger partial charge >= 0.3 is 5.97 Å². The van der Waals surface area contributed by atoms with E-state index in [0.29, 0.717) is 43.2 Å². The van der Waals surface area contributed by atoms with Crippen LogP contribution < -0.4 is 9.47 Å². The van der Waals surface area contributed by atoms with Gasteiger partial charge in [-0.15, -0.1) is 0 Å². The van der Waals surface area contributed by atoms with E-state index >= 15 is 0 Å². The van der Waals surface area contributed by atoms with Crippen molar-refractivity contribution in [3.05, 3.63) is 23.8 Å². The van der Waals surface area contributed by atoms with Gasteiger partial charge in [-0.2, -0.15) is 0 Å². The Balaban J connectivity index is 1.88. The zero-order chi connectivity index (χ0) is 18.2. The molecule has 2 rings (SSSR count). The maximum absolute atomic E-state index is 12.5. The molecule has 0 saturated carbocycles. The highest BCUT2D eigenvalue weighted by Gasteiger charge is 2.23. The number of benzene rings is 1. The number of carboxylic acid groups (broad SMARTS) is 1. The van der Waals surface area contributed by atoms with E-state index in [9.17, 15) is 9.59 Å². The molecular formula is C19H27NO5. The first-order valence-electron chi connectivity index (χ1n) is 8.73.